The normalized spacial score (nSPS) is 15.5. The fourth-order valence-corrected chi connectivity index (χ4v) is 2.35. The van der Waals surface area contributed by atoms with Gasteiger partial charge in [-0.15, -0.1) is 6.42 Å². The van der Waals surface area contributed by atoms with Crippen molar-refractivity contribution in [1.29, 1.82) is 0 Å². The second kappa shape index (κ2) is 7.67. The van der Waals surface area contributed by atoms with Crippen LogP contribution < -0.4 is 5.32 Å². The van der Waals surface area contributed by atoms with Gasteiger partial charge < -0.3 is 15.3 Å². The van der Waals surface area contributed by atoms with Crippen LogP contribution in [0.3, 0.4) is 0 Å². The molecular formula is C16H21N3O2. The van der Waals surface area contributed by atoms with Gasteiger partial charge in [-0.1, -0.05) is 18.1 Å². The molecule has 0 bridgehead atoms. The smallest absolute Gasteiger partial charge is 0.241 e. The second-order valence-corrected chi connectivity index (χ2v) is 5.07. The third-order valence-electron chi connectivity index (χ3n) is 3.59. The van der Waals surface area contributed by atoms with Crippen LogP contribution >= 0.6 is 0 Å². The van der Waals surface area contributed by atoms with E-state index >= 15 is 0 Å². The summed E-state index contributed by atoms with van der Waals surface area (Å²) < 4.78 is 0. The number of carbonyl (C=O) groups is 1. The van der Waals surface area contributed by atoms with E-state index in [2.05, 4.69) is 16.1 Å². The predicted octanol–water partition coefficient (Wildman–Crippen LogP) is 0.368. The minimum atomic E-state index is 0.000600. The van der Waals surface area contributed by atoms with Crippen molar-refractivity contribution in [3.8, 4) is 12.3 Å². The van der Waals surface area contributed by atoms with Gasteiger partial charge in [0.25, 0.3) is 0 Å². The number of anilines is 1. The monoisotopic (exact) mass is 287 g/mol. The molecule has 0 spiro atoms. The van der Waals surface area contributed by atoms with Crippen LogP contribution in [0.5, 0.6) is 0 Å². The van der Waals surface area contributed by atoms with Gasteiger partial charge in [-0.25, -0.2) is 0 Å². The van der Waals surface area contributed by atoms with Crippen molar-refractivity contribution in [2.75, 3.05) is 44.6 Å². The molecule has 1 saturated heterocycles. The summed E-state index contributed by atoms with van der Waals surface area (Å²) in [4.78, 5) is 16.2. The van der Waals surface area contributed by atoms with Crippen molar-refractivity contribution < 1.29 is 9.90 Å². The number of benzene rings is 1. The van der Waals surface area contributed by atoms with Crippen LogP contribution in [0.25, 0.3) is 0 Å². The molecule has 21 heavy (non-hydrogen) atoms. The maximum Gasteiger partial charge on any atom is 0.241 e. The Hall–Kier alpha value is -2.03. The van der Waals surface area contributed by atoms with E-state index in [9.17, 15) is 4.79 Å². The molecule has 0 radical (unpaired) electrons. The summed E-state index contributed by atoms with van der Waals surface area (Å²) in [5.41, 5.74) is 1.68. The Morgan fingerprint density at radius 3 is 2.76 bits per heavy atom. The molecule has 5 nitrogen and oxygen atoms in total. The van der Waals surface area contributed by atoms with Crippen molar-refractivity contribution in [3.05, 3.63) is 29.8 Å². The van der Waals surface area contributed by atoms with E-state index in [1.807, 2.05) is 29.2 Å². The Morgan fingerprint density at radius 2 is 2.10 bits per heavy atom. The Morgan fingerprint density at radius 1 is 1.33 bits per heavy atom. The number of nitrogens with one attached hydrogen (secondary N) is 1. The number of hydrogen-bond donors (Lipinski definition) is 2. The summed E-state index contributed by atoms with van der Waals surface area (Å²) >= 11 is 0. The molecular weight excluding hydrogens is 266 g/mol. The first-order valence-electron chi connectivity index (χ1n) is 7.10. The topological polar surface area (TPSA) is 55.8 Å². The molecule has 1 aliphatic heterocycles. The number of amides is 1. The van der Waals surface area contributed by atoms with Crippen LogP contribution in [0.1, 0.15) is 5.56 Å². The standard InChI is InChI=1S/C16H21N3O2/c1-2-6-18-7-9-19(10-8-18)16(21)12-17-15-5-3-4-14(11-15)13-20/h1,3-5,11,17,20H,6-10,12-13H2. The summed E-state index contributed by atoms with van der Waals surface area (Å²) in [7, 11) is 0. The van der Waals surface area contributed by atoms with Crippen molar-refractivity contribution in [1.82, 2.24) is 9.80 Å². The van der Waals surface area contributed by atoms with Gasteiger partial charge in [0.2, 0.25) is 5.91 Å². The van der Waals surface area contributed by atoms with E-state index in [4.69, 9.17) is 11.5 Å². The lowest BCUT2D eigenvalue weighted by molar-refractivity contribution is -0.130. The highest BCUT2D eigenvalue weighted by Gasteiger charge is 2.19. The van der Waals surface area contributed by atoms with Crippen LogP contribution in [-0.2, 0) is 11.4 Å². The van der Waals surface area contributed by atoms with E-state index in [1.54, 1.807) is 0 Å². The maximum atomic E-state index is 12.1. The third kappa shape index (κ3) is 4.48. The molecule has 1 amide bonds. The Bertz CT molecular complexity index is 516. The molecule has 0 unspecified atom stereocenters. The number of terminal acetylenes is 1. The molecule has 0 aliphatic carbocycles. The zero-order valence-electron chi connectivity index (χ0n) is 12.1. The fourth-order valence-electron chi connectivity index (χ4n) is 2.35. The zero-order valence-corrected chi connectivity index (χ0v) is 12.1. The zero-order chi connectivity index (χ0) is 15.1. The summed E-state index contributed by atoms with van der Waals surface area (Å²) in [6.45, 7) is 4.02. The fraction of sp³-hybridized carbons (Fsp3) is 0.438. The first-order chi connectivity index (χ1) is 10.2. The van der Waals surface area contributed by atoms with Gasteiger partial charge in [0.05, 0.1) is 19.7 Å². The van der Waals surface area contributed by atoms with Gasteiger partial charge in [0, 0.05) is 31.9 Å². The van der Waals surface area contributed by atoms with Gasteiger partial charge in [0.15, 0.2) is 0 Å². The first kappa shape index (κ1) is 15.4. The number of rotatable bonds is 5. The number of aliphatic hydroxyl groups is 1. The molecule has 2 N–H and O–H groups in total. The van der Waals surface area contributed by atoms with Crippen LogP contribution in [0.4, 0.5) is 5.69 Å². The van der Waals surface area contributed by atoms with Crippen LogP contribution in [-0.4, -0.2) is 60.1 Å². The van der Waals surface area contributed by atoms with Crippen LogP contribution in [0, 0.1) is 12.3 Å². The largest absolute Gasteiger partial charge is 0.392 e. The second-order valence-electron chi connectivity index (χ2n) is 5.07. The van der Waals surface area contributed by atoms with E-state index < -0.39 is 0 Å². The summed E-state index contributed by atoms with van der Waals surface area (Å²) in [5.74, 6) is 2.72. The van der Waals surface area contributed by atoms with Gasteiger partial charge in [0.1, 0.15) is 0 Å². The van der Waals surface area contributed by atoms with Crippen LogP contribution in [0.15, 0.2) is 24.3 Å². The summed E-state index contributed by atoms with van der Waals surface area (Å²) in [5, 5.41) is 12.2. The minimum absolute atomic E-state index is 0.000600. The van der Waals surface area contributed by atoms with Gasteiger partial charge >= 0.3 is 0 Å². The van der Waals surface area contributed by atoms with Crippen molar-refractivity contribution in [2.45, 2.75) is 6.61 Å². The van der Waals surface area contributed by atoms with E-state index in [0.717, 1.165) is 37.4 Å². The third-order valence-corrected chi connectivity index (χ3v) is 3.59. The quantitative estimate of drug-likeness (QED) is 0.768. The molecule has 0 saturated carbocycles. The SMILES string of the molecule is C#CCN1CCN(C(=O)CNc2cccc(CO)c2)CC1. The molecule has 1 fully saturated rings. The first-order valence-corrected chi connectivity index (χ1v) is 7.10. The maximum absolute atomic E-state index is 12.1. The molecule has 112 valence electrons. The average molecular weight is 287 g/mol. The van der Waals surface area contributed by atoms with Crippen molar-refractivity contribution >= 4 is 11.6 Å². The molecule has 1 heterocycles. The molecule has 1 aliphatic rings. The van der Waals surface area contributed by atoms with Crippen LogP contribution in [0.2, 0.25) is 0 Å². The van der Waals surface area contributed by atoms with E-state index in [0.29, 0.717) is 6.54 Å². The Labute approximate surface area is 125 Å². The number of nitrogens with zero attached hydrogens (tertiary/aromatic N) is 2. The summed E-state index contributed by atoms with van der Waals surface area (Å²) in [6.07, 6.45) is 5.29. The lowest BCUT2D eigenvalue weighted by atomic mass is 10.2. The molecule has 1 aromatic rings. The van der Waals surface area contributed by atoms with E-state index in [-0.39, 0.29) is 19.1 Å². The number of carbonyl (C=O) groups excluding carboxylic acids is 1. The van der Waals surface area contributed by atoms with Crippen molar-refractivity contribution in [2.24, 2.45) is 0 Å². The highest BCUT2D eigenvalue weighted by Crippen LogP contribution is 2.10. The summed E-state index contributed by atoms with van der Waals surface area (Å²) in [6, 6.07) is 7.43. The highest BCUT2D eigenvalue weighted by atomic mass is 16.3. The predicted molar refractivity (Wildman–Crippen MR) is 82.7 cm³/mol. The number of aliphatic hydroxyl groups excluding tert-OH is 1. The molecule has 0 atom stereocenters. The van der Waals surface area contributed by atoms with Gasteiger partial charge in [-0.3, -0.25) is 9.69 Å². The molecule has 0 aromatic heterocycles. The minimum Gasteiger partial charge on any atom is -0.392 e. The number of hydrogen-bond acceptors (Lipinski definition) is 4. The van der Waals surface area contributed by atoms with Crippen molar-refractivity contribution in [3.63, 3.8) is 0 Å². The highest BCUT2D eigenvalue weighted by molar-refractivity contribution is 5.81. The molecule has 2 rings (SSSR count). The van der Waals surface area contributed by atoms with E-state index in [1.165, 1.54) is 0 Å². The lowest BCUT2D eigenvalue weighted by Crippen LogP contribution is -2.50. The lowest BCUT2D eigenvalue weighted by Gasteiger charge is -2.33. The number of piperazine rings is 1. The Kier molecular flexibility index (Phi) is 5.61. The molecule has 1 aromatic carbocycles. The molecule has 5 heteroatoms. The Balaban J connectivity index is 1.78. The van der Waals surface area contributed by atoms with Gasteiger partial charge in [-0.2, -0.15) is 0 Å². The average Bonchev–Trinajstić information content (AvgIpc) is 2.54. The van der Waals surface area contributed by atoms with Gasteiger partial charge in [-0.05, 0) is 17.7 Å².